The summed E-state index contributed by atoms with van der Waals surface area (Å²) in [5, 5.41) is 39.4. The van der Waals surface area contributed by atoms with E-state index in [1.807, 2.05) is 0 Å². The number of carbonyl (C=O) groups is 6. The Morgan fingerprint density at radius 1 is 0.608 bits per heavy atom. The first-order chi connectivity index (χ1) is 23.9. The van der Waals surface area contributed by atoms with E-state index in [9.17, 15) is 53.8 Å². The van der Waals surface area contributed by atoms with E-state index in [0.717, 1.165) is 55.9 Å². The van der Waals surface area contributed by atoms with Gasteiger partial charge in [0.15, 0.2) is 0 Å². The number of fused-ring (bicyclic) bond motifs is 2. The third-order valence-electron chi connectivity index (χ3n) is 6.23. The van der Waals surface area contributed by atoms with Crippen LogP contribution in [-0.2, 0) is 75.3 Å². The van der Waals surface area contributed by atoms with Crippen LogP contribution in [0.25, 0.3) is 0 Å². The maximum atomic E-state index is 12.6. The van der Waals surface area contributed by atoms with Crippen LogP contribution in [-0.4, -0.2) is 208 Å². The predicted molar refractivity (Wildman–Crippen MR) is 169 cm³/mol. The van der Waals surface area contributed by atoms with Gasteiger partial charge < -0.3 is 0 Å². The summed E-state index contributed by atoms with van der Waals surface area (Å²) in [7, 11) is -4.39. The molecule has 0 aromatic carbocycles. The average molecular weight is 787 g/mol. The van der Waals surface area contributed by atoms with Crippen LogP contribution in [0.3, 0.4) is 0 Å². The number of phosphoric ester groups is 1. The summed E-state index contributed by atoms with van der Waals surface area (Å²) in [5.74, 6) is -2.22. The number of hydrogen-bond acceptors (Lipinski definition) is 20. The van der Waals surface area contributed by atoms with Gasteiger partial charge in [0.1, 0.15) is 0 Å². The van der Waals surface area contributed by atoms with E-state index in [1.54, 1.807) is 0 Å². The molecule has 1 aliphatic heterocycles. The van der Waals surface area contributed by atoms with Gasteiger partial charge in [0.2, 0.25) is 0 Å². The monoisotopic (exact) mass is 786 g/mol. The van der Waals surface area contributed by atoms with Gasteiger partial charge in [-0.2, -0.15) is 0 Å². The first-order valence-corrected chi connectivity index (χ1v) is 21.6. The molecule has 2 rings (SSSR count). The number of carbonyl (C=O) groups excluding carboxylic acids is 6. The Morgan fingerprint density at radius 2 is 0.961 bits per heavy atom. The third kappa shape index (κ3) is 23.3. The van der Waals surface area contributed by atoms with Gasteiger partial charge in [-0.05, 0) is 0 Å². The van der Waals surface area contributed by atoms with Crippen LogP contribution < -0.4 is 0 Å². The van der Waals surface area contributed by atoms with Crippen LogP contribution >= 0.6 is 7.82 Å². The molecule has 0 spiro atoms. The molecule has 2 fully saturated rings. The minimum absolute atomic E-state index is 0.0428. The molecule has 278 valence electrons. The van der Waals surface area contributed by atoms with E-state index < -0.39 is 59.9 Å². The summed E-state index contributed by atoms with van der Waals surface area (Å²) in [6, 6.07) is 0. The SMILES string of the molecule is CC(=O)OCCCC(=O)O[CH2][Na].CC(=O)OCCCC(=O)O[CH2][Na].CC(=O)OCCCC(=O)O[CH]([Na])OP1(=O)O[C@@H]2[C@@H](O)[C@@H](O1)[C@@H](O)[C@H](O)[C@H]2O. The molecule has 0 aromatic rings. The molecule has 51 heavy (non-hydrogen) atoms. The Kier molecular flexibility index (Phi) is 28.1. The Balaban J connectivity index is 0.000000865. The second-order valence-corrected chi connectivity index (χ2v) is 14.3. The van der Waals surface area contributed by atoms with Crippen molar-refractivity contribution in [3.63, 3.8) is 0 Å². The van der Waals surface area contributed by atoms with Crippen molar-refractivity contribution in [2.45, 2.75) is 99.5 Å². The predicted octanol–water partition coefficient (Wildman–Crippen LogP) is -2.31. The normalized spacial score (nSPS) is 25.3. The van der Waals surface area contributed by atoms with E-state index in [-0.39, 0.29) is 71.3 Å². The van der Waals surface area contributed by atoms with Gasteiger partial charge in [0.05, 0.1) is 0 Å². The fourth-order valence-corrected chi connectivity index (χ4v) is 7.35. The molecular weight excluding hydrogens is 744 g/mol. The molecule has 8 atom stereocenters. The van der Waals surface area contributed by atoms with Gasteiger partial charge in [-0.15, -0.1) is 0 Å². The first-order valence-electron chi connectivity index (χ1n) is 16.2. The van der Waals surface area contributed by atoms with Crippen LogP contribution in [0.15, 0.2) is 0 Å². The molecule has 1 saturated heterocycles. The number of phosphoric acid groups is 1. The van der Waals surface area contributed by atoms with Crippen LogP contribution in [0.4, 0.5) is 0 Å². The molecule has 2 bridgehead atoms. The summed E-state index contributed by atoms with van der Waals surface area (Å²) in [5.41, 5.74) is 0. The Morgan fingerprint density at radius 3 is 1.29 bits per heavy atom. The zero-order chi connectivity index (χ0) is 39.1. The molecule has 24 heteroatoms. The Bertz CT molecular complexity index is 1090. The van der Waals surface area contributed by atoms with Gasteiger partial charge in [-0.3, -0.25) is 0 Å². The van der Waals surface area contributed by atoms with Gasteiger partial charge in [0, 0.05) is 0 Å². The van der Waals surface area contributed by atoms with E-state index in [2.05, 4.69) is 14.2 Å². The molecule has 1 heterocycles. The molecule has 0 amide bonds. The van der Waals surface area contributed by atoms with Crippen molar-refractivity contribution in [1.82, 2.24) is 0 Å². The number of hydrogen-bond donors (Lipinski definition) is 4. The van der Waals surface area contributed by atoms with Crippen molar-refractivity contribution in [2.75, 3.05) is 27.5 Å². The molecule has 2 unspecified atom stereocenters. The summed E-state index contributed by atoms with van der Waals surface area (Å²) in [6.45, 7) is 4.56. The molecule has 0 aromatic heterocycles. The van der Waals surface area contributed by atoms with Crippen LogP contribution in [0.2, 0.25) is 0 Å². The van der Waals surface area contributed by atoms with Crippen LogP contribution in [0.1, 0.15) is 59.3 Å². The Hall–Kier alpha value is -0.230. The van der Waals surface area contributed by atoms with Crippen molar-refractivity contribution >= 4 is 127 Å². The van der Waals surface area contributed by atoms with Crippen molar-refractivity contribution in [2.24, 2.45) is 0 Å². The van der Waals surface area contributed by atoms with Crippen molar-refractivity contribution < 1.29 is 95.8 Å². The number of rotatable bonds is 17. The van der Waals surface area contributed by atoms with Gasteiger partial charge in [0.25, 0.3) is 0 Å². The van der Waals surface area contributed by atoms with E-state index >= 15 is 0 Å². The average Bonchev–Trinajstić information content (AvgIpc) is 3.03. The van der Waals surface area contributed by atoms with E-state index in [1.165, 1.54) is 20.8 Å². The minimum atomic E-state index is -4.39. The summed E-state index contributed by atoms with van der Waals surface area (Å²) in [4.78, 5) is 64.4. The van der Waals surface area contributed by atoms with Crippen molar-refractivity contribution in [3.05, 3.63) is 0 Å². The van der Waals surface area contributed by atoms with Gasteiger partial charge >= 0.3 is 350 Å². The second-order valence-electron chi connectivity index (χ2n) is 10.7. The third-order valence-corrected chi connectivity index (χ3v) is 9.23. The van der Waals surface area contributed by atoms with Crippen molar-refractivity contribution in [3.8, 4) is 0 Å². The number of ether oxygens (including phenoxy) is 6. The van der Waals surface area contributed by atoms with Crippen molar-refractivity contribution in [1.29, 1.82) is 0 Å². The Labute approximate surface area is 347 Å². The van der Waals surface area contributed by atoms with Gasteiger partial charge in [-0.1, -0.05) is 0 Å². The number of aliphatic hydroxyl groups is 4. The summed E-state index contributed by atoms with van der Waals surface area (Å²) < 4.78 is 55.8. The topological polar surface area (TPSA) is 283 Å². The first kappa shape index (κ1) is 50.8. The molecule has 1 aliphatic carbocycles. The fraction of sp³-hybridized carbons (Fsp3) is 0.778. The molecule has 1 saturated carbocycles. The zero-order valence-electron chi connectivity index (χ0n) is 29.6. The van der Waals surface area contributed by atoms with Gasteiger partial charge in [-0.25, -0.2) is 0 Å². The molecule has 0 radical (unpaired) electrons. The zero-order valence-corrected chi connectivity index (χ0v) is 36.5. The quantitative estimate of drug-likeness (QED) is 0.0301. The standard InChI is InChI=1S/C13H20O12P.2C7H11O4.3Na/c1-6(14)21-4-2-3-7(15)22-5-23-26(20)24-12-9(17)8(16)10(18)13(25-26)11(12)19;2*1-6(8)11-5-3-4-7(9)10-2;;;/h5,8-13,16-19H,2-4H2,1H3;2*2-5H2,1H3;;;/t8-,9-,10+,11-,12-,13-,26?;;;;;/m0...../s1. The summed E-state index contributed by atoms with van der Waals surface area (Å²) >= 11 is 1.81. The fourth-order valence-electron chi connectivity index (χ4n) is 4.01. The molecule has 2 aliphatic rings. The molecule has 20 nitrogen and oxygen atoms in total. The van der Waals surface area contributed by atoms with E-state index in [0.29, 0.717) is 46.6 Å². The second kappa shape index (κ2) is 28.2. The molecule has 4 N–H and O–H groups in total. The summed E-state index contributed by atoms with van der Waals surface area (Å²) in [6.07, 6.45) is -7.78. The maximum absolute atomic E-state index is 12.6. The van der Waals surface area contributed by atoms with E-state index in [4.69, 9.17) is 27.8 Å². The van der Waals surface area contributed by atoms with Crippen LogP contribution in [0.5, 0.6) is 0 Å². The number of esters is 6. The van der Waals surface area contributed by atoms with Crippen LogP contribution in [0, 0.1) is 0 Å². The molecular formula is C27H42Na3O20P. The number of aliphatic hydroxyl groups excluding tert-OH is 4.